The molecule has 0 aromatic carbocycles. The van der Waals surface area contributed by atoms with Crippen molar-refractivity contribution in [2.24, 2.45) is 5.92 Å². The third-order valence-corrected chi connectivity index (χ3v) is 5.92. The van der Waals surface area contributed by atoms with Crippen LogP contribution in [0.2, 0.25) is 0 Å². The number of nitrogens with one attached hydrogen (secondary N) is 2. The first kappa shape index (κ1) is 15.8. The molecule has 3 rings (SSSR count). The molecule has 1 aliphatic carbocycles. The topological polar surface area (TPSA) is 44.4 Å². The Morgan fingerprint density at radius 1 is 1.18 bits per heavy atom. The maximum Gasteiger partial charge on any atom is 0.315 e. The molecule has 1 saturated heterocycles. The van der Waals surface area contributed by atoms with Gasteiger partial charge in [0.05, 0.1) is 6.54 Å². The van der Waals surface area contributed by atoms with E-state index in [4.69, 9.17) is 0 Å². The van der Waals surface area contributed by atoms with Crippen LogP contribution in [0.15, 0.2) is 17.5 Å². The van der Waals surface area contributed by atoms with Crippen LogP contribution in [0.1, 0.15) is 43.4 Å². The van der Waals surface area contributed by atoms with E-state index >= 15 is 0 Å². The number of carbonyl (C=O) groups is 1. The van der Waals surface area contributed by atoms with E-state index < -0.39 is 0 Å². The lowest BCUT2D eigenvalue weighted by Crippen LogP contribution is -2.44. The molecule has 1 aromatic heterocycles. The third-order valence-electron chi connectivity index (χ3n) is 5.04. The Labute approximate surface area is 137 Å². The highest BCUT2D eigenvalue weighted by atomic mass is 32.1. The lowest BCUT2D eigenvalue weighted by atomic mass is 9.95. The van der Waals surface area contributed by atoms with Crippen molar-refractivity contribution in [1.29, 1.82) is 0 Å². The van der Waals surface area contributed by atoms with E-state index in [2.05, 4.69) is 15.5 Å². The van der Waals surface area contributed by atoms with E-state index in [0.717, 1.165) is 12.6 Å². The summed E-state index contributed by atoms with van der Waals surface area (Å²) in [4.78, 5) is 15.7. The minimum atomic E-state index is -0.0355. The van der Waals surface area contributed by atoms with Gasteiger partial charge in [-0.15, -0.1) is 11.3 Å². The summed E-state index contributed by atoms with van der Waals surface area (Å²) in [6.07, 6.45) is 8.07. The van der Waals surface area contributed by atoms with Gasteiger partial charge in [0.15, 0.2) is 0 Å². The number of amides is 2. The summed E-state index contributed by atoms with van der Waals surface area (Å²) in [5.74, 6) is 0.644. The second kappa shape index (κ2) is 7.97. The molecule has 1 aromatic rings. The predicted octanol–water partition coefficient (Wildman–Crippen LogP) is 3.20. The van der Waals surface area contributed by atoms with Gasteiger partial charge in [0, 0.05) is 17.5 Å². The molecule has 0 unspecified atom stereocenters. The smallest absolute Gasteiger partial charge is 0.315 e. The largest absolute Gasteiger partial charge is 0.338 e. The van der Waals surface area contributed by atoms with Gasteiger partial charge in [-0.3, -0.25) is 0 Å². The normalized spacial score (nSPS) is 21.1. The number of nitrogens with zero attached hydrogens (tertiary/aromatic N) is 1. The van der Waals surface area contributed by atoms with Gasteiger partial charge in [-0.2, -0.15) is 0 Å². The van der Waals surface area contributed by atoms with Gasteiger partial charge in [-0.25, -0.2) is 4.79 Å². The fourth-order valence-corrected chi connectivity index (χ4v) is 4.32. The molecule has 1 saturated carbocycles. The van der Waals surface area contributed by atoms with E-state index in [9.17, 15) is 4.79 Å². The van der Waals surface area contributed by atoms with Gasteiger partial charge in [0.25, 0.3) is 0 Å². The zero-order valence-electron chi connectivity index (χ0n) is 13.2. The Morgan fingerprint density at radius 3 is 2.64 bits per heavy atom. The standard InChI is InChI=1S/C17H27N3OS/c21-17(19-13-16-6-3-11-22-16)18-12-14-7-9-20(10-8-14)15-4-1-2-5-15/h3,6,11,14-15H,1-2,4-5,7-10,12-13H2,(H2,18,19,21). The number of piperidine rings is 1. The van der Waals surface area contributed by atoms with Crippen molar-refractivity contribution in [1.82, 2.24) is 15.5 Å². The van der Waals surface area contributed by atoms with Crippen LogP contribution in [0.5, 0.6) is 0 Å². The molecular weight excluding hydrogens is 294 g/mol. The molecule has 122 valence electrons. The van der Waals surface area contributed by atoms with Crippen LogP contribution in [0.3, 0.4) is 0 Å². The Hall–Kier alpha value is -1.07. The van der Waals surface area contributed by atoms with Crippen molar-refractivity contribution in [2.75, 3.05) is 19.6 Å². The van der Waals surface area contributed by atoms with E-state index in [1.54, 1.807) is 11.3 Å². The molecule has 2 N–H and O–H groups in total. The summed E-state index contributed by atoms with van der Waals surface area (Å²) in [6.45, 7) is 3.88. The predicted molar refractivity (Wildman–Crippen MR) is 91.1 cm³/mol. The van der Waals surface area contributed by atoms with Gasteiger partial charge in [-0.1, -0.05) is 18.9 Å². The first-order valence-electron chi connectivity index (χ1n) is 8.59. The fourth-order valence-electron chi connectivity index (χ4n) is 3.67. The molecule has 2 heterocycles. The first-order valence-corrected chi connectivity index (χ1v) is 9.47. The Morgan fingerprint density at radius 2 is 1.95 bits per heavy atom. The summed E-state index contributed by atoms with van der Waals surface area (Å²) >= 11 is 1.68. The van der Waals surface area contributed by atoms with Gasteiger partial charge >= 0.3 is 6.03 Å². The van der Waals surface area contributed by atoms with Crippen molar-refractivity contribution in [3.63, 3.8) is 0 Å². The molecule has 0 radical (unpaired) electrons. The Balaban J connectivity index is 1.30. The van der Waals surface area contributed by atoms with Crippen LogP contribution in [-0.4, -0.2) is 36.6 Å². The summed E-state index contributed by atoms with van der Waals surface area (Å²) in [5, 5.41) is 8.00. The third kappa shape index (κ3) is 4.46. The van der Waals surface area contributed by atoms with Gasteiger partial charge in [-0.05, 0) is 56.1 Å². The summed E-state index contributed by atoms with van der Waals surface area (Å²) in [7, 11) is 0. The van der Waals surface area contributed by atoms with Crippen LogP contribution < -0.4 is 10.6 Å². The fraction of sp³-hybridized carbons (Fsp3) is 0.706. The molecule has 2 aliphatic rings. The SMILES string of the molecule is O=C(NCc1cccs1)NCC1CCN(C2CCCC2)CC1. The molecule has 5 heteroatoms. The number of carbonyl (C=O) groups excluding carboxylic acids is 1. The molecule has 2 amide bonds. The highest BCUT2D eigenvalue weighted by molar-refractivity contribution is 7.09. The highest BCUT2D eigenvalue weighted by Crippen LogP contribution is 2.27. The van der Waals surface area contributed by atoms with E-state index in [-0.39, 0.29) is 6.03 Å². The van der Waals surface area contributed by atoms with Crippen molar-refractivity contribution in [3.05, 3.63) is 22.4 Å². The number of thiophene rings is 1. The average Bonchev–Trinajstić information content (AvgIpc) is 3.24. The van der Waals surface area contributed by atoms with E-state index in [1.165, 1.54) is 56.5 Å². The van der Waals surface area contributed by atoms with Crippen LogP contribution in [0.25, 0.3) is 0 Å². The number of hydrogen-bond donors (Lipinski definition) is 2. The monoisotopic (exact) mass is 321 g/mol. The molecule has 0 atom stereocenters. The molecule has 1 aliphatic heterocycles. The van der Waals surface area contributed by atoms with Crippen molar-refractivity contribution >= 4 is 17.4 Å². The van der Waals surface area contributed by atoms with E-state index in [0.29, 0.717) is 12.5 Å². The lowest BCUT2D eigenvalue weighted by Gasteiger charge is -2.36. The number of urea groups is 1. The zero-order chi connectivity index (χ0) is 15.2. The van der Waals surface area contributed by atoms with Crippen LogP contribution in [0.4, 0.5) is 4.79 Å². The van der Waals surface area contributed by atoms with Crippen molar-refractivity contribution < 1.29 is 4.79 Å². The Bertz CT molecular complexity index is 448. The Kier molecular flexibility index (Phi) is 5.73. The quantitative estimate of drug-likeness (QED) is 0.875. The summed E-state index contributed by atoms with van der Waals surface area (Å²) in [5.41, 5.74) is 0. The minimum Gasteiger partial charge on any atom is -0.338 e. The van der Waals surface area contributed by atoms with Gasteiger partial charge < -0.3 is 15.5 Å². The second-order valence-electron chi connectivity index (χ2n) is 6.56. The number of likely N-dealkylation sites (tertiary alicyclic amines) is 1. The zero-order valence-corrected chi connectivity index (χ0v) is 14.0. The average molecular weight is 321 g/mol. The summed E-state index contributed by atoms with van der Waals surface area (Å²) < 4.78 is 0. The molecule has 0 bridgehead atoms. The van der Waals surface area contributed by atoms with Crippen molar-refractivity contribution in [3.8, 4) is 0 Å². The minimum absolute atomic E-state index is 0.0355. The van der Waals surface area contributed by atoms with Crippen LogP contribution >= 0.6 is 11.3 Å². The number of rotatable bonds is 5. The lowest BCUT2D eigenvalue weighted by molar-refractivity contribution is 0.134. The molecule has 2 fully saturated rings. The molecule has 4 nitrogen and oxygen atoms in total. The first-order chi connectivity index (χ1) is 10.8. The van der Waals surface area contributed by atoms with Crippen LogP contribution in [-0.2, 0) is 6.54 Å². The maximum absolute atomic E-state index is 11.8. The number of hydrogen-bond acceptors (Lipinski definition) is 3. The maximum atomic E-state index is 11.8. The van der Waals surface area contributed by atoms with Crippen LogP contribution in [0, 0.1) is 5.92 Å². The van der Waals surface area contributed by atoms with E-state index in [1.807, 2.05) is 17.5 Å². The summed E-state index contributed by atoms with van der Waals surface area (Å²) in [6, 6.07) is 4.87. The van der Waals surface area contributed by atoms with Gasteiger partial charge in [0.1, 0.15) is 0 Å². The van der Waals surface area contributed by atoms with Gasteiger partial charge in [0.2, 0.25) is 0 Å². The highest BCUT2D eigenvalue weighted by Gasteiger charge is 2.27. The second-order valence-corrected chi connectivity index (χ2v) is 7.59. The molecule has 0 spiro atoms. The molecule has 22 heavy (non-hydrogen) atoms. The molecular formula is C17H27N3OS. The van der Waals surface area contributed by atoms with Crippen molar-refractivity contribution in [2.45, 2.75) is 51.1 Å².